The first kappa shape index (κ1) is 21.0. The Balaban J connectivity index is 1.81. The first-order chi connectivity index (χ1) is 15.6. The van der Waals surface area contributed by atoms with E-state index < -0.39 is 5.31 Å². The van der Waals surface area contributed by atoms with Crippen molar-refractivity contribution >= 4 is 48.6 Å². The third kappa shape index (κ3) is 3.03. The van der Waals surface area contributed by atoms with Crippen molar-refractivity contribution in [2.24, 2.45) is 0 Å². The Hall–Kier alpha value is -2.88. The van der Waals surface area contributed by atoms with Gasteiger partial charge < -0.3 is 0 Å². The molecule has 1 unspecified atom stereocenters. The van der Waals surface area contributed by atoms with Crippen molar-refractivity contribution in [1.29, 1.82) is 0 Å². The van der Waals surface area contributed by atoms with Gasteiger partial charge in [-0.05, 0) is 0 Å². The number of benzene rings is 3. The summed E-state index contributed by atoms with van der Waals surface area (Å²) in [6, 6.07) is 33.1. The van der Waals surface area contributed by atoms with E-state index in [2.05, 4.69) is 98.3 Å². The van der Waals surface area contributed by atoms with Crippen molar-refractivity contribution in [2.75, 3.05) is 11.4 Å². The normalized spacial score (nSPS) is 17.7. The Morgan fingerprint density at radius 1 is 0.719 bits per heavy atom. The molecule has 6 heteroatoms. The molecule has 3 aromatic carbocycles. The van der Waals surface area contributed by atoms with Crippen LogP contribution in [0.25, 0.3) is 0 Å². The van der Waals surface area contributed by atoms with E-state index in [-0.39, 0.29) is 11.6 Å². The SMILES string of the molecule is O=C1C(P(Br)(c2ccccc2)(c2ccccc2)c2ccccc2)CCN1c1ncccn1. The fraction of sp³-hybridized carbons (Fsp3) is 0.115. The number of halogens is 1. The van der Waals surface area contributed by atoms with Gasteiger partial charge in [0.15, 0.2) is 0 Å². The van der Waals surface area contributed by atoms with Gasteiger partial charge in [0.25, 0.3) is 0 Å². The molecule has 0 radical (unpaired) electrons. The zero-order valence-corrected chi connectivity index (χ0v) is 19.9. The summed E-state index contributed by atoms with van der Waals surface area (Å²) in [7, 11) is 0. The van der Waals surface area contributed by atoms with Crippen molar-refractivity contribution in [2.45, 2.75) is 12.1 Å². The summed E-state index contributed by atoms with van der Waals surface area (Å²) >= 11 is 4.43. The zero-order chi connectivity index (χ0) is 22.0. The van der Waals surface area contributed by atoms with Gasteiger partial charge in [-0.3, -0.25) is 0 Å². The number of carbonyl (C=O) groups is 1. The van der Waals surface area contributed by atoms with Gasteiger partial charge in [0.1, 0.15) is 0 Å². The molecule has 1 atom stereocenters. The number of nitrogens with zero attached hydrogens (tertiary/aromatic N) is 3. The summed E-state index contributed by atoms with van der Waals surface area (Å²) in [6.07, 6.45) is 4.07. The standard InChI is InChI=1S/C26H23BrN3OP/c27-32(21-11-4-1-5-12-21,22-13-6-2-7-14-22,23-15-8-3-9-16-23)24-17-20-30(25(24)31)26-28-18-10-19-29-26/h1-16,18-19,24H,17,20H2. The average Bonchev–Trinajstić information content (AvgIpc) is 3.28. The Morgan fingerprint density at radius 3 is 1.59 bits per heavy atom. The third-order valence-corrected chi connectivity index (χ3v) is 17.1. The first-order valence-corrected chi connectivity index (χ1v) is 14.9. The average molecular weight is 504 g/mol. The van der Waals surface area contributed by atoms with Gasteiger partial charge in [-0.1, -0.05) is 0 Å². The Kier molecular flexibility index (Phi) is 5.40. The molecule has 1 aliphatic rings. The summed E-state index contributed by atoms with van der Waals surface area (Å²) in [5.74, 6) is 0.522. The van der Waals surface area contributed by atoms with E-state index in [1.54, 1.807) is 23.4 Å². The summed E-state index contributed by atoms with van der Waals surface area (Å²) in [5.41, 5.74) is -0.281. The van der Waals surface area contributed by atoms with Gasteiger partial charge in [0.2, 0.25) is 0 Å². The van der Waals surface area contributed by atoms with Crippen molar-refractivity contribution < 1.29 is 4.79 Å². The molecule has 0 bridgehead atoms. The summed E-state index contributed by atoms with van der Waals surface area (Å²) in [4.78, 5) is 24.6. The quantitative estimate of drug-likeness (QED) is 0.378. The molecule has 0 spiro atoms. The second-order valence-electron chi connectivity index (χ2n) is 7.92. The molecule has 1 aromatic heterocycles. The molecular formula is C26H23BrN3OP. The molecule has 1 saturated heterocycles. The Bertz CT molecular complexity index is 1120. The van der Waals surface area contributed by atoms with Gasteiger partial charge in [0, 0.05) is 0 Å². The predicted molar refractivity (Wildman–Crippen MR) is 137 cm³/mol. The number of aromatic nitrogens is 2. The maximum absolute atomic E-state index is 14.1. The van der Waals surface area contributed by atoms with Gasteiger partial charge >= 0.3 is 196 Å². The minimum atomic E-state index is -3.39. The predicted octanol–water partition coefficient (Wildman–Crippen LogP) is 4.42. The molecule has 2 heterocycles. The van der Waals surface area contributed by atoms with Crippen LogP contribution in [-0.4, -0.2) is 28.1 Å². The molecule has 4 aromatic rings. The van der Waals surface area contributed by atoms with E-state index >= 15 is 0 Å². The van der Waals surface area contributed by atoms with Crippen molar-refractivity contribution in [3.63, 3.8) is 0 Å². The number of rotatable bonds is 5. The van der Waals surface area contributed by atoms with E-state index in [0.29, 0.717) is 18.9 Å². The van der Waals surface area contributed by atoms with Crippen LogP contribution in [0.3, 0.4) is 0 Å². The molecule has 0 saturated carbocycles. The van der Waals surface area contributed by atoms with Crippen LogP contribution >= 0.6 is 20.8 Å². The Labute approximate surface area is 196 Å². The van der Waals surface area contributed by atoms with Crippen molar-refractivity contribution in [3.8, 4) is 0 Å². The molecule has 1 amide bonds. The van der Waals surface area contributed by atoms with Crippen LogP contribution in [0.5, 0.6) is 0 Å². The molecule has 1 aliphatic heterocycles. The van der Waals surface area contributed by atoms with Crippen LogP contribution in [0.1, 0.15) is 6.42 Å². The fourth-order valence-electron chi connectivity index (χ4n) is 4.89. The number of carbonyl (C=O) groups excluding carboxylic acids is 1. The van der Waals surface area contributed by atoms with Gasteiger partial charge in [-0.2, -0.15) is 0 Å². The van der Waals surface area contributed by atoms with E-state index in [1.807, 2.05) is 18.2 Å². The molecular weight excluding hydrogens is 481 g/mol. The number of amides is 1. The van der Waals surface area contributed by atoms with Crippen LogP contribution in [-0.2, 0) is 4.79 Å². The van der Waals surface area contributed by atoms with Crippen LogP contribution in [0.4, 0.5) is 5.95 Å². The van der Waals surface area contributed by atoms with Crippen molar-refractivity contribution in [3.05, 3.63) is 109 Å². The topological polar surface area (TPSA) is 46.1 Å². The molecule has 4 nitrogen and oxygen atoms in total. The second-order valence-corrected chi connectivity index (χ2v) is 16.7. The Morgan fingerprint density at radius 2 is 1.16 bits per heavy atom. The second kappa shape index (κ2) is 8.23. The molecule has 32 heavy (non-hydrogen) atoms. The monoisotopic (exact) mass is 503 g/mol. The molecule has 1 fully saturated rings. The zero-order valence-electron chi connectivity index (χ0n) is 17.5. The molecule has 5 rings (SSSR count). The van der Waals surface area contributed by atoms with E-state index in [1.165, 1.54) is 0 Å². The number of anilines is 1. The maximum atomic E-state index is 14.1. The van der Waals surface area contributed by atoms with E-state index in [4.69, 9.17) is 0 Å². The van der Waals surface area contributed by atoms with Crippen LogP contribution in [0.15, 0.2) is 109 Å². The van der Waals surface area contributed by atoms with Crippen LogP contribution in [0.2, 0.25) is 0 Å². The van der Waals surface area contributed by atoms with Gasteiger partial charge in [-0.25, -0.2) is 0 Å². The summed E-state index contributed by atoms with van der Waals surface area (Å²) < 4.78 is 0. The summed E-state index contributed by atoms with van der Waals surface area (Å²) in [6.45, 7) is 0.587. The van der Waals surface area contributed by atoms with Crippen LogP contribution < -0.4 is 20.8 Å². The van der Waals surface area contributed by atoms with Crippen molar-refractivity contribution in [1.82, 2.24) is 9.97 Å². The third-order valence-electron chi connectivity index (χ3n) is 6.34. The number of hydrogen-bond donors (Lipinski definition) is 0. The summed E-state index contributed by atoms with van der Waals surface area (Å²) in [5, 5.41) is 0.0429. The van der Waals surface area contributed by atoms with Gasteiger partial charge in [-0.15, -0.1) is 0 Å². The fourth-order valence-corrected chi connectivity index (χ4v) is 13.6. The van der Waals surface area contributed by atoms with E-state index in [9.17, 15) is 4.79 Å². The van der Waals surface area contributed by atoms with Gasteiger partial charge in [0.05, 0.1) is 0 Å². The van der Waals surface area contributed by atoms with Crippen LogP contribution in [0, 0.1) is 0 Å². The van der Waals surface area contributed by atoms with E-state index in [0.717, 1.165) is 15.9 Å². The molecule has 0 N–H and O–H groups in total. The molecule has 0 aliphatic carbocycles. The molecule has 160 valence electrons. The minimum absolute atomic E-state index is 0.0577. The first-order valence-electron chi connectivity index (χ1n) is 10.6. The number of hydrogen-bond acceptors (Lipinski definition) is 3.